The van der Waals surface area contributed by atoms with Crippen LogP contribution in [0, 0.1) is 5.92 Å². The van der Waals surface area contributed by atoms with Gasteiger partial charge in [-0.15, -0.1) is 11.3 Å². The second kappa shape index (κ2) is 9.87. The van der Waals surface area contributed by atoms with E-state index in [-0.39, 0.29) is 24.3 Å². The van der Waals surface area contributed by atoms with Gasteiger partial charge in [-0.05, 0) is 35.1 Å². The maximum Gasteiger partial charge on any atom is 0.264 e. The minimum absolute atomic E-state index is 0.0124. The van der Waals surface area contributed by atoms with Gasteiger partial charge in [-0.25, -0.2) is 0 Å². The summed E-state index contributed by atoms with van der Waals surface area (Å²) in [6.07, 6.45) is 0.464. The third kappa shape index (κ3) is 6.86. The van der Waals surface area contributed by atoms with E-state index in [0.29, 0.717) is 29.4 Å². The number of hydrogen-bond acceptors (Lipinski definition) is 4. The van der Waals surface area contributed by atoms with Crippen LogP contribution in [0.4, 0.5) is 5.69 Å². The highest BCUT2D eigenvalue weighted by molar-refractivity contribution is 7.12. The van der Waals surface area contributed by atoms with Crippen LogP contribution in [0.3, 0.4) is 0 Å². The molecule has 2 rings (SSSR count). The second-order valence-corrected chi connectivity index (χ2v) is 7.71. The molecular formula is C20H25N3O3S. The minimum Gasteiger partial charge on any atom is -0.350 e. The Labute approximate surface area is 163 Å². The Hall–Kier alpha value is -2.67. The number of nitrogens with one attached hydrogen (secondary N) is 2. The monoisotopic (exact) mass is 387 g/mol. The highest BCUT2D eigenvalue weighted by atomic mass is 32.1. The first kappa shape index (κ1) is 20.6. The predicted molar refractivity (Wildman–Crippen MR) is 108 cm³/mol. The van der Waals surface area contributed by atoms with Crippen LogP contribution in [-0.4, -0.2) is 36.2 Å². The smallest absolute Gasteiger partial charge is 0.264 e. The summed E-state index contributed by atoms with van der Waals surface area (Å²) in [6, 6.07) is 10.9. The number of benzene rings is 1. The molecule has 2 aromatic rings. The molecule has 0 bridgehead atoms. The molecule has 0 atom stereocenters. The zero-order chi connectivity index (χ0) is 19.8. The Kier molecular flexibility index (Phi) is 7.55. The van der Waals surface area contributed by atoms with Crippen LogP contribution in [0.15, 0.2) is 41.8 Å². The Balaban J connectivity index is 1.83. The van der Waals surface area contributed by atoms with E-state index in [4.69, 9.17) is 0 Å². The quantitative estimate of drug-likeness (QED) is 0.730. The first-order valence-corrected chi connectivity index (χ1v) is 9.67. The van der Waals surface area contributed by atoms with Gasteiger partial charge >= 0.3 is 0 Å². The molecule has 0 aliphatic carbocycles. The molecule has 0 saturated heterocycles. The first-order valence-electron chi connectivity index (χ1n) is 8.79. The number of amides is 3. The van der Waals surface area contributed by atoms with Gasteiger partial charge in [0.15, 0.2) is 0 Å². The van der Waals surface area contributed by atoms with E-state index < -0.39 is 0 Å². The van der Waals surface area contributed by atoms with Crippen molar-refractivity contribution in [3.05, 3.63) is 52.2 Å². The zero-order valence-corrected chi connectivity index (χ0v) is 16.6. The topological polar surface area (TPSA) is 78.5 Å². The molecule has 3 amide bonds. The fraction of sp³-hybridized carbons (Fsp3) is 0.350. The van der Waals surface area contributed by atoms with Gasteiger partial charge in [-0.1, -0.05) is 32.0 Å². The number of carbonyl (C=O) groups excluding carboxylic acids is 3. The Bertz CT molecular complexity index is 788. The van der Waals surface area contributed by atoms with E-state index in [1.165, 1.54) is 16.2 Å². The summed E-state index contributed by atoms with van der Waals surface area (Å²) in [7, 11) is 1.60. The summed E-state index contributed by atoms with van der Waals surface area (Å²) in [5.74, 6) is -0.145. The number of thiophene rings is 1. The lowest BCUT2D eigenvalue weighted by Gasteiger charge is -2.16. The predicted octanol–water partition coefficient (Wildman–Crippen LogP) is 3.12. The van der Waals surface area contributed by atoms with E-state index >= 15 is 0 Å². The highest BCUT2D eigenvalue weighted by Gasteiger charge is 2.15. The van der Waals surface area contributed by atoms with E-state index in [1.807, 2.05) is 43.5 Å². The van der Waals surface area contributed by atoms with Crippen LogP contribution in [-0.2, 0) is 16.1 Å². The molecule has 6 nitrogen and oxygen atoms in total. The molecule has 0 fully saturated rings. The maximum atomic E-state index is 12.2. The molecule has 27 heavy (non-hydrogen) atoms. The van der Waals surface area contributed by atoms with Gasteiger partial charge in [0.2, 0.25) is 11.8 Å². The summed E-state index contributed by atoms with van der Waals surface area (Å²) in [5.41, 5.74) is 1.58. The average molecular weight is 388 g/mol. The molecule has 1 heterocycles. The molecule has 2 N–H and O–H groups in total. The highest BCUT2D eigenvalue weighted by Crippen LogP contribution is 2.13. The van der Waals surface area contributed by atoms with E-state index in [0.717, 1.165) is 5.56 Å². The molecule has 144 valence electrons. The van der Waals surface area contributed by atoms with Crippen molar-refractivity contribution in [2.24, 2.45) is 5.92 Å². The van der Waals surface area contributed by atoms with Gasteiger partial charge in [0.25, 0.3) is 5.91 Å². The van der Waals surface area contributed by atoms with Gasteiger partial charge in [-0.3, -0.25) is 14.4 Å². The van der Waals surface area contributed by atoms with Crippen molar-refractivity contribution in [3.8, 4) is 0 Å². The van der Waals surface area contributed by atoms with Crippen molar-refractivity contribution in [2.75, 3.05) is 18.9 Å². The molecule has 1 aromatic heterocycles. The van der Waals surface area contributed by atoms with Crippen LogP contribution in [0.5, 0.6) is 0 Å². The minimum atomic E-state index is -0.239. The Morgan fingerprint density at radius 3 is 2.56 bits per heavy atom. The van der Waals surface area contributed by atoms with Crippen molar-refractivity contribution < 1.29 is 14.4 Å². The summed E-state index contributed by atoms with van der Waals surface area (Å²) in [5, 5.41) is 7.49. The van der Waals surface area contributed by atoms with E-state index in [2.05, 4.69) is 10.6 Å². The Morgan fingerprint density at radius 2 is 1.89 bits per heavy atom. The number of rotatable bonds is 8. The fourth-order valence-electron chi connectivity index (χ4n) is 2.47. The van der Waals surface area contributed by atoms with Crippen LogP contribution < -0.4 is 10.6 Å². The van der Waals surface area contributed by atoms with Crippen molar-refractivity contribution in [1.29, 1.82) is 0 Å². The SMILES string of the molecule is CC(C)CC(=O)Nc1cccc(CNC(=O)CN(C)C(=O)c2cccs2)c1. The van der Waals surface area contributed by atoms with Crippen LogP contribution in [0.25, 0.3) is 0 Å². The summed E-state index contributed by atoms with van der Waals surface area (Å²) in [4.78, 5) is 38.1. The van der Waals surface area contributed by atoms with Crippen molar-refractivity contribution in [3.63, 3.8) is 0 Å². The van der Waals surface area contributed by atoms with Crippen molar-refractivity contribution >= 4 is 34.7 Å². The Morgan fingerprint density at radius 1 is 1.11 bits per heavy atom. The molecule has 0 unspecified atom stereocenters. The molecule has 0 aliphatic heterocycles. The maximum absolute atomic E-state index is 12.2. The second-order valence-electron chi connectivity index (χ2n) is 6.76. The lowest BCUT2D eigenvalue weighted by atomic mass is 10.1. The normalized spacial score (nSPS) is 10.5. The molecular weight excluding hydrogens is 362 g/mol. The average Bonchev–Trinajstić information content (AvgIpc) is 3.13. The zero-order valence-electron chi connectivity index (χ0n) is 15.8. The van der Waals surface area contributed by atoms with Gasteiger partial charge in [-0.2, -0.15) is 0 Å². The van der Waals surface area contributed by atoms with Gasteiger partial charge < -0.3 is 15.5 Å². The molecule has 1 aromatic carbocycles. The molecule has 0 saturated carbocycles. The third-order valence-electron chi connectivity index (χ3n) is 3.75. The summed E-state index contributed by atoms with van der Waals surface area (Å²) >= 11 is 1.35. The number of likely N-dealkylation sites (N-methyl/N-ethyl adjacent to an activating group) is 1. The van der Waals surface area contributed by atoms with E-state index in [9.17, 15) is 14.4 Å². The summed E-state index contributed by atoms with van der Waals surface area (Å²) < 4.78 is 0. The molecule has 0 radical (unpaired) electrons. The van der Waals surface area contributed by atoms with Gasteiger partial charge in [0, 0.05) is 25.7 Å². The first-order chi connectivity index (χ1) is 12.8. The third-order valence-corrected chi connectivity index (χ3v) is 4.61. The number of anilines is 1. The largest absolute Gasteiger partial charge is 0.350 e. The summed E-state index contributed by atoms with van der Waals surface area (Å²) in [6.45, 7) is 4.30. The molecule has 0 spiro atoms. The fourth-order valence-corrected chi connectivity index (χ4v) is 3.19. The number of hydrogen-bond donors (Lipinski definition) is 2. The number of nitrogens with zero attached hydrogens (tertiary/aromatic N) is 1. The lowest BCUT2D eigenvalue weighted by Crippen LogP contribution is -2.37. The standard InChI is InChI=1S/C20H25N3O3S/c1-14(2)10-18(24)22-16-7-4-6-15(11-16)12-21-19(25)13-23(3)20(26)17-8-5-9-27-17/h4-9,11,14H,10,12-13H2,1-3H3,(H,21,25)(H,22,24). The van der Waals surface area contributed by atoms with E-state index in [1.54, 1.807) is 19.2 Å². The molecule has 0 aliphatic rings. The van der Waals surface area contributed by atoms with Crippen molar-refractivity contribution in [1.82, 2.24) is 10.2 Å². The van der Waals surface area contributed by atoms with Gasteiger partial charge in [0.1, 0.15) is 0 Å². The van der Waals surface area contributed by atoms with Crippen LogP contribution in [0.1, 0.15) is 35.5 Å². The van der Waals surface area contributed by atoms with Gasteiger partial charge in [0.05, 0.1) is 11.4 Å². The van der Waals surface area contributed by atoms with Crippen molar-refractivity contribution in [2.45, 2.75) is 26.8 Å². The van der Waals surface area contributed by atoms with Crippen LogP contribution in [0.2, 0.25) is 0 Å². The molecule has 7 heteroatoms. The number of carbonyl (C=O) groups is 3. The lowest BCUT2D eigenvalue weighted by molar-refractivity contribution is -0.121. The van der Waals surface area contributed by atoms with Crippen LogP contribution >= 0.6 is 11.3 Å².